The first kappa shape index (κ1) is 23.8. The van der Waals surface area contributed by atoms with Crippen molar-refractivity contribution in [3.63, 3.8) is 0 Å². The number of rotatable bonds is 4. The van der Waals surface area contributed by atoms with Gasteiger partial charge in [0.25, 0.3) is 11.5 Å². The Bertz CT molecular complexity index is 1270. The largest absolute Gasteiger partial charge is 0.378 e. The smallest absolute Gasteiger partial charge is 0.267 e. The Hall–Kier alpha value is -2.96. The molecule has 1 saturated carbocycles. The van der Waals surface area contributed by atoms with Gasteiger partial charge in [0.2, 0.25) is 0 Å². The van der Waals surface area contributed by atoms with E-state index in [0.717, 1.165) is 36.3 Å². The maximum atomic E-state index is 12.9. The lowest BCUT2D eigenvalue weighted by atomic mass is 9.69. The van der Waals surface area contributed by atoms with E-state index in [0.29, 0.717) is 37.6 Å². The Balaban J connectivity index is 1.35. The minimum atomic E-state index is -0.0920. The van der Waals surface area contributed by atoms with Crippen molar-refractivity contribution < 1.29 is 9.53 Å². The van der Waals surface area contributed by atoms with Gasteiger partial charge in [0.05, 0.1) is 24.9 Å². The number of ether oxygens (including phenoxy) is 1. The van der Waals surface area contributed by atoms with Crippen molar-refractivity contribution in [3.8, 4) is 11.3 Å². The van der Waals surface area contributed by atoms with Gasteiger partial charge in [0.1, 0.15) is 0 Å². The van der Waals surface area contributed by atoms with Crippen LogP contribution in [-0.4, -0.2) is 46.9 Å². The summed E-state index contributed by atoms with van der Waals surface area (Å²) in [7, 11) is 0. The van der Waals surface area contributed by atoms with E-state index in [4.69, 9.17) is 21.4 Å². The van der Waals surface area contributed by atoms with Crippen molar-refractivity contribution in [2.45, 2.75) is 44.1 Å². The van der Waals surface area contributed by atoms with Crippen molar-refractivity contribution in [1.82, 2.24) is 14.7 Å². The number of benzene rings is 2. The predicted molar refractivity (Wildman–Crippen MR) is 137 cm³/mol. The van der Waals surface area contributed by atoms with E-state index < -0.39 is 0 Å². The van der Waals surface area contributed by atoms with Crippen LogP contribution in [0.1, 0.15) is 54.6 Å². The standard InChI is InChI=1S/C28H30ClN3O3/c1-28(22-6-3-7-23(29)19-22)12-10-24(11-13-28)32-26(33)9-8-25(30-32)20-4-2-5-21(18-20)27(34)31-14-16-35-17-15-31/h2-9,18-19,24H,10-17H2,1H3/t24-,28-. The maximum absolute atomic E-state index is 12.9. The van der Waals surface area contributed by atoms with Gasteiger partial charge in [-0.2, -0.15) is 5.10 Å². The fourth-order valence-electron chi connectivity index (χ4n) is 5.24. The second kappa shape index (κ2) is 9.96. The molecule has 1 amide bonds. The van der Waals surface area contributed by atoms with Crippen molar-refractivity contribution >= 4 is 17.5 Å². The van der Waals surface area contributed by atoms with Crippen LogP contribution in [0.15, 0.2) is 65.5 Å². The lowest BCUT2D eigenvalue weighted by Crippen LogP contribution is -2.40. The van der Waals surface area contributed by atoms with E-state index in [9.17, 15) is 9.59 Å². The lowest BCUT2D eigenvalue weighted by Gasteiger charge is -2.38. The number of nitrogens with zero attached hydrogens (tertiary/aromatic N) is 3. The minimum Gasteiger partial charge on any atom is -0.378 e. The lowest BCUT2D eigenvalue weighted by molar-refractivity contribution is 0.0303. The molecule has 6 nitrogen and oxygen atoms in total. The molecule has 0 atom stereocenters. The van der Waals surface area contributed by atoms with Gasteiger partial charge in [-0.1, -0.05) is 42.8 Å². The van der Waals surface area contributed by atoms with Gasteiger partial charge in [-0.05, 0) is 67.0 Å². The molecule has 1 saturated heterocycles. The quantitative estimate of drug-likeness (QED) is 0.508. The Labute approximate surface area is 210 Å². The first-order valence-corrected chi connectivity index (χ1v) is 12.6. The molecule has 182 valence electrons. The summed E-state index contributed by atoms with van der Waals surface area (Å²) in [5, 5.41) is 5.51. The number of carbonyl (C=O) groups is 1. The third kappa shape index (κ3) is 5.04. The summed E-state index contributed by atoms with van der Waals surface area (Å²) in [5.74, 6) is -0.00365. The first-order chi connectivity index (χ1) is 16.9. The average Bonchev–Trinajstić information content (AvgIpc) is 2.90. The van der Waals surface area contributed by atoms with Crippen LogP contribution in [0.25, 0.3) is 11.3 Å². The number of hydrogen-bond acceptors (Lipinski definition) is 4. The second-order valence-corrected chi connectivity index (χ2v) is 10.2. The third-order valence-electron chi connectivity index (χ3n) is 7.45. The number of amides is 1. The molecule has 0 spiro atoms. The van der Waals surface area contributed by atoms with E-state index in [1.165, 1.54) is 5.56 Å². The number of halogens is 1. The Morgan fingerprint density at radius 3 is 2.51 bits per heavy atom. The van der Waals surface area contributed by atoms with Crippen LogP contribution in [0.5, 0.6) is 0 Å². The minimum absolute atomic E-state index is 0.00365. The zero-order valence-electron chi connectivity index (χ0n) is 20.0. The van der Waals surface area contributed by atoms with Gasteiger partial charge < -0.3 is 9.64 Å². The van der Waals surface area contributed by atoms with Crippen LogP contribution in [0.3, 0.4) is 0 Å². The van der Waals surface area contributed by atoms with E-state index in [1.54, 1.807) is 16.8 Å². The van der Waals surface area contributed by atoms with Crippen LogP contribution < -0.4 is 5.56 Å². The summed E-state index contributed by atoms with van der Waals surface area (Å²) < 4.78 is 7.00. The second-order valence-electron chi connectivity index (χ2n) is 9.79. The number of carbonyl (C=O) groups excluding carboxylic acids is 1. The third-order valence-corrected chi connectivity index (χ3v) is 7.69. The number of aromatic nitrogens is 2. The van der Waals surface area contributed by atoms with Crippen molar-refractivity contribution in [3.05, 3.63) is 87.2 Å². The Morgan fingerprint density at radius 1 is 1.03 bits per heavy atom. The van der Waals surface area contributed by atoms with Crippen LogP contribution in [-0.2, 0) is 10.2 Å². The molecular weight excluding hydrogens is 462 g/mol. The van der Waals surface area contributed by atoms with Crippen LogP contribution in [0.2, 0.25) is 5.02 Å². The van der Waals surface area contributed by atoms with Crippen molar-refractivity contribution in [1.29, 1.82) is 0 Å². The monoisotopic (exact) mass is 491 g/mol. The van der Waals surface area contributed by atoms with Gasteiger partial charge in [-0.3, -0.25) is 9.59 Å². The summed E-state index contributed by atoms with van der Waals surface area (Å²) in [4.78, 5) is 27.5. The Morgan fingerprint density at radius 2 is 1.77 bits per heavy atom. The fraction of sp³-hybridized carbons (Fsp3) is 0.393. The maximum Gasteiger partial charge on any atom is 0.267 e. The highest BCUT2D eigenvalue weighted by Gasteiger charge is 2.34. The highest BCUT2D eigenvalue weighted by Crippen LogP contribution is 2.43. The molecule has 0 bridgehead atoms. The molecule has 2 aromatic carbocycles. The fourth-order valence-corrected chi connectivity index (χ4v) is 5.43. The summed E-state index contributed by atoms with van der Waals surface area (Å²) in [6.45, 7) is 4.60. The van der Waals surface area contributed by atoms with Gasteiger partial charge >= 0.3 is 0 Å². The topological polar surface area (TPSA) is 64.4 Å². The van der Waals surface area contributed by atoms with Gasteiger partial charge in [0.15, 0.2) is 0 Å². The molecular formula is C28H30ClN3O3. The molecule has 35 heavy (non-hydrogen) atoms. The number of hydrogen-bond donors (Lipinski definition) is 0. The summed E-state index contributed by atoms with van der Waals surface area (Å²) in [6.07, 6.45) is 3.66. The molecule has 3 aromatic rings. The molecule has 1 aliphatic heterocycles. The van der Waals surface area contributed by atoms with Gasteiger partial charge in [0, 0.05) is 35.3 Å². The SMILES string of the molecule is C[C@]1(c2cccc(Cl)c2)CC[C@H](n2nc(-c3cccc(C(=O)N4CCOCC4)c3)ccc2=O)CC1. The van der Waals surface area contributed by atoms with Crippen LogP contribution in [0.4, 0.5) is 0 Å². The summed E-state index contributed by atoms with van der Waals surface area (Å²) in [5.41, 5.74) is 3.35. The normalized spacial score (nSPS) is 22.7. The highest BCUT2D eigenvalue weighted by atomic mass is 35.5. The molecule has 2 heterocycles. The van der Waals surface area contributed by atoms with Gasteiger partial charge in [-0.15, -0.1) is 0 Å². The molecule has 0 N–H and O–H groups in total. The molecule has 5 rings (SSSR count). The molecule has 1 aliphatic carbocycles. The van der Waals surface area contributed by atoms with Crippen LogP contribution in [0, 0.1) is 0 Å². The van der Waals surface area contributed by atoms with Crippen LogP contribution >= 0.6 is 11.6 Å². The molecule has 2 fully saturated rings. The zero-order valence-corrected chi connectivity index (χ0v) is 20.7. The average molecular weight is 492 g/mol. The van der Waals surface area contributed by atoms with E-state index in [1.807, 2.05) is 41.3 Å². The molecule has 0 unspecified atom stereocenters. The molecule has 0 radical (unpaired) electrons. The van der Waals surface area contributed by atoms with Crippen molar-refractivity contribution in [2.24, 2.45) is 0 Å². The molecule has 1 aromatic heterocycles. The summed E-state index contributed by atoms with van der Waals surface area (Å²) >= 11 is 6.24. The van der Waals surface area contributed by atoms with Gasteiger partial charge in [-0.25, -0.2) is 4.68 Å². The Kier molecular flexibility index (Phi) is 6.76. The summed E-state index contributed by atoms with van der Waals surface area (Å²) in [6, 6.07) is 19.0. The van der Waals surface area contributed by atoms with E-state index in [2.05, 4.69) is 19.1 Å². The van der Waals surface area contributed by atoms with E-state index in [-0.39, 0.29) is 22.9 Å². The predicted octanol–water partition coefficient (Wildman–Crippen LogP) is 5.11. The molecule has 7 heteroatoms. The zero-order chi connectivity index (χ0) is 24.4. The molecule has 2 aliphatic rings. The first-order valence-electron chi connectivity index (χ1n) is 12.3. The number of morpholine rings is 1. The highest BCUT2D eigenvalue weighted by molar-refractivity contribution is 6.30. The van der Waals surface area contributed by atoms with E-state index >= 15 is 0 Å². The van der Waals surface area contributed by atoms with Crippen molar-refractivity contribution in [2.75, 3.05) is 26.3 Å².